The van der Waals surface area contributed by atoms with Gasteiger partial charge in [0.2, 0.25) is 0 Å². The predicted octanol–water partition coefficient (Wildman–Crippen LogP) is 4.45. The first-order valence-electron chi connectivity index (χ1n) is 9.75. The number of fused-ring (bicyclic) bond motifs is 1. The van der Waals surface area contributed by atoms with Crippen molar-refractivity contribution in [2.75, 3.05) is 0 Å². The molecule has 4 rings (SSSR count). The van der Waals surface area contributed by atoms with Crippen LogP contribution >= 0.6 is 0 Å². The zero-order valence-corrected chi connectivity index (χ0v) is 16.9. The predicted molar refractivity (Wildman–Crippen MR) is 115 cm³/mol. The van der Waals surface area contributed by atoms with Crippen LogP contribution in [-0.4, -0.2) is 15.7 Å². The molecule has 6 nitrogen and oxygen atoms in total. The highest BCUT2D eigenvalue weighted by Gasteiger charge is 2.23. The van der Waals surface area contributed by atoms with Gasteiger partial charge in [-0.15, -0.1) is 0 Å². The largest absolute Gasteiger partial charge is 0.293 e. The second-order valence-corrected chi connectivity index (χ2v) is 7.50. The van der Waals surface area contributed by atoms with Crippen molar-refractivity contribution >= 4 is 22.5 Å². The average molecular weight is 400 g/mol. The van der Waals surface area contributed by atoms with E-state index in [2.05, 4.69) is 47.7 Å². The standard InChI is InChI=1S/C24H21N3O3/c1-16-11-21-22(12-17(16)2)26(15-18-7-4-3-5-8-18)24(25-21)14-23(28)19-9-6-10-20(13-19)27(29)30/h3-13H,14-15H2,1-2H3/p+1. The molecule has 0 saturated carbocycles. The second-order valence-electron chi connectivity index (χ2n) is 7.50. The molecule has 0 saturated heterocycles. The summed E-state index contributed by atoms with van der Waals surface area (Å²) < 4.78 is 2.12. The van der Waals surface area contributed by atoms with Crippen LogP contribution in [0, 0.1) is 24.0 Å². The lowest BCUT2D eigenvalue weighted by Crippen LogP contribution is -2.38. The molecule has 0 unspecified atom stereocenters. The molecule has 150 valence electrons. The van der Waals surface area contributed by atoms with Crippen molar-refractivity contribution in [3.63, 3.8) is 0 Å². The molecule has 0 fully saturated rings. The molecular weight excluding hydrogens is 378 g/mol. The van der Waals surface area contributed by atoms with E-state index in [1.165, 1.54) is 23.3 Å². The summed E-state index contributed by atoms with van der Waals surface area (Å²) in [6.45, 7) is 4.76. The van der Waals surface area contributed by atoms with E-state index in [-0.39, 0.29) is 17.9 Å². The number of ketones is 1. The quantitative estimate of drug-likeness (QED) is 0.225. The van der Waals surface area contributed by atoms with Crippen LogP contribution in [0.3, 0.4) is 0 Å². The number of rotatable bonds is 6. The van der Waals surface area contributed by atoms with E-state index in [4.69, 9.17) is 0 Å². The van der Waals surface area contributed by atoms with Gasteiger partial charge in [-0.25, -0.2) is 9.55 Å². The number of Topliss-reactive ketones (excluding diaryl/α,β-unsaturated/α-hetero) is 1. The Kier molecular flexibility index (Phi) is 5.14. The summed E-state index contributed by atoms with van der Waals surface area (Å²) in [5.41, 5.74) is 5.74. The van der Waals surface area contributed by atoms with Crippen LogP contribution in [0.4, 0.5) is 5.69 Å². The molecule has 0 atom stereocenters. The fraction of sp³-hybridized carbons (Fsp3) is 0.167. The monoisotopic (exact) mass is 400 g/mol. The molecule has 0 aliphatic rings. The number of non-ortho nitro benzene ring substituents is 1. The number of aromatic amines is 1. The van der Waals surface area contributed by atoms with Gasteiger partial charge in [0.1, 0.15) is 13.0 Å². The summed E-state index contributed by atoms with van der Waals surface area (Å²) in [6.07, 6.45) is 0.126. The molecule has 1 heterocycles. The van der Waals surface area contributed by atoms with Crippen LogP contribution in [0.2, 0.25) is 0 Å². The number of carbonyl (C=O) groups excluding carboxylic acids is 1. The molecule has 0 aliphatic carbocycles. The third kappa shape index (κ3) is 3.85. The van der Waals surface area contributed by atoms with Gasteiger partial charge >= 0.3 is 0 Å². The van der Waals surface area contributed by atoms with Gasteiger partial charge in [0, 0.05) is 17.7 Å². The van der Waals surface area contributed by atoms with Crippen LogP contribution in [0.5, 0.6) is 0 Å². The third-order valence-electron chi connectivity index (χ3n) is 5.40. The summed E-state index contributed by atoms with van der Waals surface area (Å²) in [6, 6.07) is 20.2. The molecule has 3 aromatic carbocycles. The number of hydrogen-bond donors (Lipinski definition) is 1. The van der Waals surface area contributed by atoms with Gasteiger partial charge in [-0.1, -0.05) is 42.5 Å². The van der Waals surface area contributed by atoms with Crippen molar-refractivity contribution in [2.45, 2.75) is 26.8 Å². The number of aryl methyl sites for hydroxylation is 2. The van der Waals surface area contributed by atoms with Crippen molar-refractivity contribution in [2.24, 2.45) is 0 Å². The van der Waals surface area contributed by atoms with Crippen molar-refractivity contribution in [3.05, 3.63) is 105 Å². The first-order valence-corrected chi connectivity index (χ1v) is 9.75. The molecule has 4 aromatic rings. The Balaban J connectivity index is 1.75. The number of H-pyrrole nitrogens is 1. The highest BCUT2D eigenvalue weighted by Crippen LogP contribution is 2.19. The van der Waals surface area contributed by atoms with Crippen LogP contribution in [-0.2, 0) is 13.0 Å². The fourth-order valence-corrected chi connectivity index (χ4v) is 3.63. The molecule has 0 bridgehead atoms. The summed E-state index contributed by atoms with van der Waals surface area (Å²) in [5, 5.41) is 11.1. The zero-order valence-electron chi connectivity index (χ0n) is 16.9. The molecule has 0 radical (unpaired) electrons. The Bertz CT molecular complexity index is 1260. The first kappa shape index (κ1) is 19.5. The van der Waals surface area contributed by atoms with E-state index in [1.807, 2.05) is 18.2 Å². The van der Waals surface area contributed by atoms with E-state index in [0.717, 1.165) is 22.4 Å². The lowest BCUT2D eigenvalue weighted by Gasteiger charge is -2.04. The van der Waals surface area contributed by atoms with Crippen LogP contribution in [0.1, 0.15) is 32.9 Å². The maximum absolute atomic E-state index is 12.9. The van der Waals surface area contributed by atoms with Crippen LogP contribution in [0.15, 0.2) is 66.7 Å². The number of nitro benzene ring substituents is 1. The van der Waals surface area contributed by atoms with Gasteiger partial charge in [0.25, 0.3) is 11.5 Å². The molecular formula is C24H22N3O3+. The number of imidazole rings is 1. The Morgan fingerprint density at radius 1 is 1.00 bits per heavy atom. The fourth-order valence-electron chi connectivity index (χ4n) is 3.63. The number of benzene rings is 3. The maximum atomic E-state index is 12.9. The summed E-state index contributed by atoms with van der Waals surface area (Å²) in [4.78, 5) is 26.9. The Morgan fingerprint density at radius 3 is 2.47 bits per heavy atom. The summed E-state index contributed by atoms with van der Waals surface area (Å²) in [5.74, 6) is 0.607. The smallest absolute Gasteiger partial charge is 0.270 e. The highest BCUT2D eigenvalue weighted by molar-refractivity contribution is 5.97. The van der Waals surface area contributed by atoms with Crippen molar-refractivity contribution in [3.8, 4) is 0 Å². The molecule has 0 aliphatic heterocycles. The number of hydrogen-bond acceptors (Lipinski definition) is 3. The van der Waals surface area contributed by atoms with Crippen molar-refractivity contribution in [1.82, 2.24) is 4.98 Å². The SMILES string of the molecule is Cc1cc2[nH]c(CC(=O)c3cccc([N+](=O)[O-])c3)[n+](Cc3ccccc3)c2cc1C. The van der Waals surface area contributed by atoms with E-state index < -0.39 is 4.92 Å². The van der Waals surface area contributed by atoms with Gasteiger partial charge in [0.15, 0.2) is 16.8 Å². The van der Waals surface area contributed by atoms with Crippen LogP contribution < -0.4 is 4.57 Å². The zero-order chi connectivity index (χ0) is 21.3. The summed E-state index contributed by atoms with van der Waals surface area (Å²) >= 11 is 0. The lowest BCUT2D eigenvalue weighted by atomic mass is 10.1. The number of nitrogens with zero attached hydrogens (tertiary/aromatic N) is 2. The Labute approximate surface area is 174 Å². The van der Waals surface area contributed by atoms with E-state index in [1.54, 1.807) is 12.1 Å². The van der Waals surface area contributed by atoms with E-state index in [9.17, 15) is 14.9 Å². The van der Waals surface area contributed by atoms with Gasteiger partial charge in [-0.3, -0.25) is 14.9 Å². The Hall–Kier alpha value is -3.80. The number of aromatic nitrogens is 2. The van der Waals surface area contributed by atoms with Gasteiger partial charge < -0.3 is 0 Å². The van der Waals surface area contributed by atoms with E-state index in [0.29, 0.717) is 12.1 Å². The number of carbonyl (C=O) groups is 1. The third-order valence-corrected chi connectivity index (χ3v) is 5.40. The highest BCUT2D eigenvalue weighted by atomic mass is 16.6. The molecule has 1 N–H and O–H groups in total. The maximum Gasteiger partial charge on any atom is 0.270 e. The normalized spacial score (nSPS) is 11.0. The molecule has 6 heteroatoms. The van der Waals surface area contributed by atoms with Crippen molar-refractivity contribution < 1.29 is 14.3 Å². The molecule has 0 spiro atoms. The van der Waals surface area contributed by atoms with E-state index >= 15 is 0 Å². The van der Waals surface area contributed by atoms with Gasteiger partial charge in [0.05, 0.1) is 4.92 Å². The average Bonchev–Trinajstić information content (AvgIpc) is 3.05. The molecule has 30 heavy (non-hydrogen) atoms. The number of nitrogens with one attached hydrogen (secondary N) is 1. The summed E-state index contributed by atoms with van der Waals surface area (Å²) in [7, 11) is 0. The minimum Gasteiger partial charge on any atom is -0.293 e. The second kappa shape index (κ2) is 7.91. The number of nitro groups is 1. The minimum absolute atomic E-state index is 0.0825. The minimum atomic E-state index is -0.485. The first-order chi connectivity index (χ1) is 14.4. The van der Waals surface area contributed by atoms with Gasteiger partial charge in [-0.2, -0.15) is 0 Å². The molecule has 1 aromatic heterocycles. The lowest BCUT2D eigenvalue weighted by molar-refractivity contribution is -0.669. The van der Waals surface area contributed by atoms with Gasteiger partial charge in [-0.05, 0) is 42.7 Å². The Morgan fingerprint density at radius 2 is 1.73 bits per heavy atom. The van der Waals surface area contributed by atoms with Crippen molar-refractivity contribution in [1.29, 1.82) is 0 Å². The topological polar surface area (TPSA) is 79.9 Å². The molecule has 0 amide bonds. The van der Waals surface area contributed by atoms with Crippen LogP contribution in [0.25, 0.3) is 11.0 Å².